The molecule has 0 radical (unpaired) electrons. The molecule has 0 bridgehead atoms. The van der Waals surface area contributed by atoms with Crippen molar-refractivity contribution in [1.82, 2.24) is 4.90 Å². The molecule has 1 saturated heterocycles. The van der Waals surface area contributed by atoms with E-state index in [1.54, 1.807) is 17.0 Å². The summed E-state index contributed by atoms with van der Waals surface area (Å²) in [5, 5.41) is 2.64. The molecule has 168 valence electrons. The van der Waals surface area contributed by atoms with E-state index in [2.05, 4.69) is 27.9 Å². The lowest BCUT2D eigenvalue weighted by molar-refractivity contribution is -0.123. The molecule has 0 atom stereocenters. The van der Waals surface area contributed by atoms with Crippen LogP contribution in [0.1, 0.15) is 19.4 Å². The molecule has 0 aromatic heterocycles. The zero-order valence-corrected chi connectivity index (χ0v) is 21.3. The summed E-state index contributed by atoms with van der Waals surface area (Å²) in [6.45, 7) is 3.58. The van der Waals surface area contributed by atoms with Gasteiger partial charge in [-0.25, -0.2) is 4.39 Å². The molecule has 2 aromatic carbocycles. The molecule has 6 nitrogen and oxygen atoms in total. The van der Waals surface area contributed by atoms with E-state index in [1.807, 2.05) is 19.9 Å². The quantitative estimate of drug-likeness (QED) is 0.278. The van der Waals surface area contributed by atoms with E-state index in [0.717, 1.165) is 5.56 Å². The Balaban J connectivity index is 1.74. The highest BCUT2D eigenvalue weighted by molar-refractivity contribution is 14.1. The van der Waals surface area contributed by atoms with Gasteiger partial charge in [0.1, 0.15) is 10.1 Å². The topological polar surface area (TPSA) is 67.9 Å². The second kappa shape index (κ2) is 10.6. The van der Waals surface area contributed by atoms with E-state index < -0.39 is 5.91 Å². The number of carbonyl (C=O) groups excluding carboxylic acids is 2. The molecule has 1 aliphatic heterocycles. The standard InChI is InChI=1S/C22H20FIN2O4S2/c1-12(2)26-21(28)18(32-22(26)31)10-13-8-16(24)20(17(9-13)29-3)30-11-19(27)25-15-6-4-14(23)5-7-15/h4-10,12H,11H2,1-3H3,(H,25,27)/b18-10-. The van der Waals surface area contributed by atoms with E-state index in [9.17, 15) is 14.0 Å². The molecule has 1 aliphatic rings. The van der Waals surface area contributed by atoms with Gasteiger partial charge in [0.25, 0.3) is 11.8 Å². The first-order valence-electron chi connectivity index (χ1n) is 9.52. The van der Waals surface area contributed by atoms with Crippen LogP contribution in [0, 0.1) is 9.39 Å². The van der Waals surface area contributed by atoms with Crippen LogP contribution in [-0.4, -0.2) is 40.8 Å². The number of nitrogens with one attached hydrogen (secondary N) is 1. The van der Waals surface area contributed by atoms with Gasteiger partial charge in [0.2, 0.25) is 0 Å². The monoisotopic (exact) mass is 586 g/mol. The van der Waals surface area contributed by atoms with Crippen molar-refractivity contribution in [2.75, 3.05) is 19.0 Å². The lowest BCUT2D eigenvalue weighted by Gasteiger charge is -2.18. The average Bonchev–Trinajstić information content (AvgIpc) is 3.01. The predicted molar refractivity (Wildman–Crippen MR) is 136 cm³/mol. The molecule has 0 aliphatic carbocycles. The lowest BCUT2D eigenvalue weighted by atomic mass is 10.1. The summed E-state index contributed by atoms with van der Waals surface area (Å²) < 4.78 is 25.4. The zero-order chi connectivity index (χ0) is 23.4. The van der Waals surface area contributed by atoms with Gasteiger partial charge >= 0.3 is 0 Å². The van der Waals surface area contributed by atoms with Gasteiger partial charge < -0.3 is 14.8 Å². The SMILES string of the molecule is COc1cc(/C=C2\SC(=S)N(C(C)C)C2=O)cc(I)c1OCC(=O)Nc1ccc(F)cc1. The number of anilines is 1. The number of nitrogens with zero attached hydrogens (tertiary/aromatic N) is 1. The largest absolute Gasteiger partial charge is 0.493 e. The predicted octanol–water partition coefficient (Wildman–Crippen LogP) is 5.07. The van der Waals surface area contributed by atoms with Crippen molar-refractivity contribution in [2.45, 2.75) is 19.9 Å². The number of benzene rings is 2. The summed E-state index contributed by atoms with van der Waals surface area (Å²) in [5.74, 6) is -0.0611. The van der Waals surface area contributed by atoms with Gasteiger partial charge in [-0.3, -0.25) is 14.5 Å². The van der Waals surface area contributed by atoms with Gasteiger partial charge in [-0.15, -0.1) is 0 Å². The molecule has 3 rings (SSSR count). The van der Waals surface area contributed by atoms with Crippen LogP contribution < -0.4 is 14.8 Å². The number of ether oxygens (including phenoxy) is 2. The third-order valence-corrected chi connectivity index (χ3v) is 6.50. The van der Waals surface area contributed by atoms with Crippen LogP contribution in [0.5, 0.6) is 11.5 Å². The molecule has 0 spiro atoms. The first kappa shape index (κ1) is 24.5. The van der Waals surface area contributed by atoms with Gasteiger partial charge in [0.05, 0.1) is 15.6 Å². The zero-order valence-electron chi connectivity index (χ0n) is 17.5. The lowest BCUT2D eigenvalue weighted by Crippen LogP contribution is -2.34. The molecule has 2 aromatic rings. The van der Waals surface area contributed by atoms with Crippen LogP contribution in [0.25, 0.3) is 6.08 Å². The van der Waals surface area contributed by atoms with Gasteiger partial charge in [0.15, 0.2) is 18.1 Å². The maximum Gasteiger partial charge on any atom is 0.266 e. The molecule has 0 unspecified atom stereocenters. The van der Waals surface area contributed by atoms with E-state index in [1.165, 1.54) is 43.1 Å². The molecule has 1 N–H and O–H groups in total. The van der Waals surface area contributed by atoms with E-state index in [4.69, 9.17) is 21.7 Å². The highest BCUT2D eigenvalue weighted by Crippen LogP contribution is 2.37. The number of halogens is 2. The number of hydrogen-bond acceptors (Lipinski definition) is 6. The Kier molecular flexibility index (Phi) is 8.12. The van der Waals surface area contributed by atoms with Gasteiger partial charge in [-0.1, -0.05) is 24.0 Å². The van der Waals surface area contributed by atoms with Crippen molar-refractivity contribution >= 4 is 74.5 Å². The van der Waals surface area contributed by atoms with Gasteiger partial charge in [-0.2, -0.15) is 0 Å². The molecule has 10 heteroatoms. The minimum absolute atomic E-state index is 0.0140. The fourth-order valence-corrected chi connectivity index (χ4v) is 5.21. The third kappa shape index (κ3) is 5.78. The maximum absolute atomic E-state index is 13.0. The third-order valence-electron chi connectivity index (χ3n) is 4.37. The Morgan fingerprint density at radius 2 is 2.00 bits per heavy atom. The van der Waals surface area contributed by atoms with Crippen LogP contribution in [0.3, 0.4) is 0 Å². The highest BCUT2D eigenvalue weighted by atomic mass is 127. The number of methoxy groups -OCH3 is 1. The first-order chi connectivity index (χ1) is 15.2. The van der Waals surface area contributed by atoms with Crippen LogP contribution >= 0.6 is 46.6 Å². The van der Waals surface area contributed by atoms with Gasteiger partial charge in [0, 0.05) is 11.7 Å². The normalized spacial score (nSPS) is 14.9. The summed E-state index contributed by atoms with van der Waals surface area (Å²) >= 11 is 8.67. The minimum Gasteiger partial charge on any atom is -0.493 e. The number of carbonyl (C=O) groups is 2. The number of hydrogen-bond donors (Lipinski definition) is 1. The summed E-state index contributed by atoms with van der Waals surface area (Å²) in [7, 11) is 1.50. The van der Waals surface area contributed by atoms with E-state index in [-0.39, 0.29) is 24.4 Å². The fourth-order valence-electron chi connectivity index (χ4n) is 2.91. The van der Waals surface area contributed by atoms with Crippen molar-refractivity contribution < 1.29 is 23.5 Å². The van der Waals surface area contributed by atoms with Crippen molar-refractivity contribution in [3.05, 3.63) is 56.3 Å². The van der Waals surface area contributed by atoms with E-state index in [0.29, 0.717) is 30.0 Å². The fraction of sp³-hybridized carbons (Fsp3) is 0.227. The number of thiocarbonyl (C=S) groups is 1. The molecule has 1 fully saturated rings. The minimum atomic E-state index is -0.393. The Bertz CT molecular complexity index is 1090. The molecule has 32 heavy (non-hydrogen) atoms. The molecule has 2 amide bonds. The average molecular weight is 586 g/mol. The summed E-state index contributed by atoms with van der Waals surface area (Å²) in [6.07, 6.45) is 1.76. The number of rotatable bonds is 7. The van der Waals surface area contributed by atoms with Crippen molar-refractivity contribution in [3.63, 3.8) is 0 Å². The molecular weight excluding hydrogens is 566 g/mol. The van der Waals surface area contributed by atoms with Crippen molar-refractivity contribution in [1.29, 1.82) is 0 Å². The highest BCUT2D eigenvalue weighted by Gasteiger charge is 2.33. The Morgan fingerprint density at radius 3 is 2.59 bits per heavy atom. The summed E-state index contributed by atoms with van der Waals surface area (Å²) in [6, 6.07) is 9.00. The van der Waals surface area contributed by atoms with E-state index >= 15 is 0 Å². The van der Waals surface area contributed by atoms with Crippen LogP contribution in [-0.2, 0) is 9.59 Å². The van der Waals surface area contributed by atoms with Crippen LogP contribution in [0.2, 0.25) is 0 Å². The molecule has 1 heterocycles. The smallest absolute Gasteiger partial charge is 0.266 e. The molecular formula is C22H20FIN2O4S2. The van der Waals surface area contributed by atoms with Gasteiger partial charge in [-0.05, 0) is 84.5 Å². The number of amides is 2. The Labute approximate surface area is 208 Å². The summed E-state index contributed by atoms with van der Waals surface area (Å²) in [4.78, 5) is 27.0. The second-order valence-electron chi connectivity index (χ2n) is 7.02. The van der Waals surface area contributed by atoms with Crippen LogP contribution in [0.15, 0.2) is 41.3 Å². The van der Waals surface area contributed by atoms with Crippen molar-refractivity contribution in [3.8, 4) is 11.5 Å². The molecule has 0 saturated carbocycles. The second-order valence-corrected chi connectivity index (χ2v) is 9.86. The van der Waals surface area contributed by atoms with Crippen molar-refractivity contribution in [2.24, 2.45) is 0 Å². The van der Waals surface area contributed by atoms with Crippen LogP contribution in [0.4, 0.5) is 10.1 Å². The summed E-state index contributed by atoms with van der Waals surface area (Å²) in [5.41, 5.74) is 1.22. The number of thioether (sulfide) groups is 1. The Hall–Kier alpha value is -2.18. The Morgan fingerprint density at radius 1 is 1.31 bits per heavy atom. The first-order valence-corrected chi connectivity index (χ1v) is 11.8. The maximum atomic E-state index is 13.0.